The van der Waals surface area contributed by atoms with Crippen LogP contribution in [0, 0.1) is 0 Å². The molecule has 1 aromatic carbocycles. The monoisotopic (exact) mass is 316 g/mol. The van der Waals surface area contributed by atoms with Crippen molar-refractivity contribution in [2.75, 3.05) is 19.6 Å². The molecule has 4 heteroatoms. The third-order valence-electron chi connectivity index (χ3n) is 4.95. The van der Waals surface area contributed by atoms with Crippen molar-refractivity contribution >= 4 is 5.91 Å². The molecule has 0 spiro atoms. The average Bonchev–Trinajstić information content (AvgIpc) is 3.06. The molecule has 4 nitrogen and oxygen atoms in total. The normalized spacial score (nSPS) is 22.3. The summed E-state index contributed by atoms with van der Waals surface area (Å²) in [4.78, 5) is 14.4. The summed E-state index contributed by atoms with van der Waals surface area (Å²) < 4.78 is 6.05. The number of hydrogen-bond donors (Lipinski definition) is 1. The van der Waals surface area contributed by atoms with E-state index in [1.807, 2.05) is 17.0 Å². The first-order valence-corrected chi connectivity index (χ1v) is 8.98. The fourth-order valence-electron chi connectivity index (χ4n) is 3.58. The van der Waals surface area contributed by atoms with Gasteiger partial charge < -0.3 is 15.0 Å². The van der Waals surface area contributed by atoms with E-state index in [0.29, 0.717) is 18.6 Å². The number of nitrogens with zero attached hydrogens (tertiary/aromatic N) is 1. The molecule has 126 valence electrons. The number of rotatable bonds is 5. The van der Waals surface area contributed by atoms with Crippen LogP contribution < -0.4 is 10.1 Å². The van der Waals surface area contributed by atoms with Crippen LogP contribution in [-0.4, -0.2) is 42.6 Å². The molecule has 2 fully saturated rings. The first-order chi connectivity index (χ1) is 11.2. The van der Waals surface area contributed by atoms with Crippen LogP contribution in [0.25, 0.3) is 0 Å². The largest absolute Gasteiger partial charge is 0.490 e. The number of ether oxygens (including phenoxy) is 1. The van der Waals surface area contributed by atoms with Gasteiger partial charge in [0.1, 0.15) is 5.75 Å². The lowest BCUT2D eigenvalue weighted by atomic mass is 10.1. The Bertz CT molecular complexity index is 526. The van der Waals surface area contributed by atoms with Crippen LogP contribution >= 0.6 is 0 Å². The zero-order valence-electron chi connectivity index (χ0n) is 14.1. The molecule has 1 aliphatic heterocycles. The summed E-state index contributed by atoms with van der Waals surface area (Å²) in [6.07, 6.45) is 6.65. The smallest absolute Gasteiger partial charge is 0.223 e. The lowest BCUT2D eigenvalue weighted by Gasteiger charge is -2.34. The van der Waals surface area contributed by atoms with E-state index < -0.39 is 0 Å². The van der Waals surface area contributed by atoms with Crippen LogP contribution in [0.5, 0.6) is 5.75 Å². The number of carbonyl (C=O) groups excluding carboxylic acids is 1. The van der Waals surface area contributed by atoms with E-state index in [1.54, 1.807) is 0 Å². The van der Waals surface area contributed by atoms with Gasteiger partial charge in [0.25, 0.3) is 0 Å². The lowest BCUT2D eigenvalue weighted by Crippen LogP contribution is -2.52. The van der Waals surface area contributed by atoms with Crippen LogP contribution in [0.1, 0.15) is 44.6 Å². The lowest BCUT2D eigenvalue weighted by molar-refractivity contribution is -0.133. The molecule has 0 aromatic heterocycles. The van der Waals surface area contributed by atoms with E-state index >= 15 is 0 Å². The van der Waals surface area contributed by atoms with E-state index in [4.69, 9.17) is 4.74 Å². The SMILES string of the molecule is C[C@@H]1CNCCN1C(=O)CCc1cccc(OC2CCCC2)c1. The third-order valence-corrected chi connectivity index (χ3v) is 4.95. The second kappa shape index (κ2) is 7.82. The van der Waals surface area contributed by atoms with Crippen molar-refractivity contribution in [1.82, 2.24) is 10.2 Å². The standard InChI is InChI=1S/C19H28N2O2/c1-15-14-20-11-12-21(15)19(22)10-9-16-5-4-8-18(13-16)23-17-6-2-3-7-17/h4-5,8,13,15,17,20H,2-3,6-7,9-12,14H2,1H3/t15-/m1/s1. The number of hydrogen-bond acceptors (Lipinski definition) is 3. The van der Waals surface area contributed by atoms with Crippen LogP contribution in [0.15, 0.2) is 24.3 Å². The molecule has 1 aromatic rings. The molecule has 1 amide bonds. The van der Waals surface area contributed by atoms with Gasteiger partial charge in [-0.05, 0) is 56.7 Å². The zero-order valence-corrected chi connectivity index (χ0v) is 14.1. The van der Waals surface area contributed by atoms with E-state index in [-0.39, 0.29) is 5.91 Å². The highest BCUT2D eigenvalue weighted by atomic mass is 16.5. The van der Waals surface area contributed by atoms with E-state index in [2.05, 4.69) is 24.4 Å². The molecule has 23 heavy (non-hydrogen) atoms. The van der Waals surface area contributed by atoms with Gasteiger partial charge in [-0.15, -0.1) is 0 Å². The van der Waals surface area contributed by atoms with Crippen molar-refractivity contribution in [3.63, 3.8) is 0 Å². The Kier molecular flexibility index (Phi) is 5.55. The van der Waals surface area contributed by atoms with Crippen molar-refractivity contribution in [1.29, 1.82) is 0 Å². The summed E-state index contributed by atoms with van der Waals surface area (Å²) in [7, 11) is 0. The van der Waals surface area contributed by atoms with E-state index in [1.165, 1.54) is 31.2 Å². The summed E-state index contributed by atoms with van der Waals surface area (Å²) in [6.45, 7) is 4.74. The van der Waals surface area contributed by atoms with Gasteiger partial charge in [0, 0.05) is 32.1 Å². The van der Waals surface area contributed by atoms with Gasteiger partial charge >= 0.3 is 0 Å². The van der Waals surface area contributed by atoms with E-state index in [0.717, 1.165) is 31.8 Å². The number of aryl methyl sites for hydroxylation is 1. The summed E-state index contributed by atoms with van der Waals surface area (Å²) in [5, 5.41) is 3.32. The van der Waals surface area contributed by atoms with Crippen molar-refractivity contribution in [2.24, 2.45) is 0 Å². The van der Waals surface area contributed by atoms with Crippen molar-refractivity contribution in [3.05, 3.63) is 29.8 Å². The fourth-order valence-corrected chi connectivity index (χ4v) is 3.58. The Labute approximate surface area is 139 Å². The highest BCUT2D eigenvalue weighted by Gasteiger charge is 2.22. The molecule has 3 rings (SSSR count). The minimum atomic E-state index is 0.265. The molecule has 0 unspecified atom stereocenters. The maximum Gasteiger partial charge on any atom is 0.223 e. The van der Waals surface area contributed by atoms with Crippen molar-refractivity contribution in [2.45, 2.75) is 57.6 Å². The molecule has 0 bridgehead atoms. The Morgan fingerprint density at radius 1 is 1.35 bits per heavy atom. The first-order valence-electron chi connectivity index (χ1n) is 8.98. The molecule has 2 aliphatic rings. The molecule has 1 saturated heterocycles. The van der Waals surface area contributed by atoms with Crippen LogP contribution in [0.4, 0.5) is 0 Å². The minimum absolute atomic E-state index is 0.265. The predicted octanol–water partition coefficient (Wildman–Crippen LogP) is 2.76. The van der Waals surface area contributed by atoms with Gasteiger partial charge in [0.2, 0.25) is 5.91 Å². The average molecular weight is 316 g/mol. The number of amides is 1. The van der Waals surface area contributed by atoms with Crippen LogP contribution in [-0.2, 0) is 11.2 Å². The Hall–Kier alpha value is -1.55. The molecule has 1 aliphatic carbocycles. The van der Waals surface area contributed by atoms with Gasteiger partial charge in [-0.25, -0.2) is 0 Å². The number of carbonyl (C=O) groups is 1. The summed E-state index contributed by atoms with van der Waals surface area (Å²) in [6, 6.07) is 8.57. The van der Waals surface area contributed by atoms with Crippen molar-refractivity contribution < 1.29 is 9.53 Å². The highest BCUT2D eigenvalue weighted by molar-refractivity contribution is 5.77. The maximum absolute atomic E-state index is 12.4. The van der Waals surface area contributed by atoms with Crippen LogP contribution in [0.2, 0.25) is 0 Å². The minimum Gasteiger partial charge on any atom is -0.490 e. The molecule has 0 radical (unpaired) electrons. The third kappa shape index (κ3) is 4.47. The summed E-state index contributed by atoms with van der Waals surface area (Å²) >= 11 is 0. The first kappa shape index (κ1) is 16.3. The summed E-state index contributed by atoms with van der Waals surface area (Å²) in [5.41, 5.74) is 1.19. The Morgan fingerprint density at radius 2 is 2.17 bits per heavy atom. The second-order valence-corrected chi connectivity index (χ2v) is 6.81. The van der Waals surface area contributed by atoms with E-state index in [9.17, 15) is 4.79 Å². The predicted molar refractivity (Wildman–Crippen MR) is 91.7 cm³/mol. The maximum atomic E-state index is 12.4. The molecular formula is C19H28N2O2. The van der Waals surface area contributed by atoms with Gasteiger partial charge in [-0.3, -0.25) is 4.79 Å². The Balaban J connectivity index is 1.52. The van der Waals surface area contributed by atoms with Gasteiger partial charge in [-0.1, -0.05) is 12.1 Å². The van der Waals surface area contributed by atoms with Crippen molar-refractivity contribution in [3.8, 4) is 5.75 Å². The molecule has 1 heterocycles. The number of nitrogens with one attached hydrogen (secondary N) is 1. The van der Waals surface area contributed by atoms with Gasteiger partial charge in [0.05, 0.1) is 6.10 Å². The Morgan fingerprint density at radius 3 is 2.96 bits per heavy atom. The van der Waals surface area contributed by atoms with Gasteiger partial charge in [0.15, 0.2) is 0 Å². The molecule has 1 atom stereocenters. The molecule has 1 N–H and O–H groups in total. The quantitative estimate of drug-likeness (QED) is 0.908. The van der Waals surface area contributed by atoms with Gasteiger partial charge in [-0.2, -0.15) is 0 Å². The molecule has 1 saturated carbocycles. The number of piperazine rings is 1. The topological polar surface area (TPSA) is 41.6 Å². The van der Waals surface area contributed by atoms with Crippen LogP contribution in [0.3, 0.4) is 0 Å². The summed E-state index contributed by atoms with van der Waals surface area (Å²) in [5.74, 6) is 1.22. The zero-order chi connectivity index (χ0) is 16.1. The number of benzene rings is 1. The second-order valence-electron chi connectivity index (χ2n) is 6.81. The fraction of sp³-hybridized carbons (Fsp3) is 0.632. The molecular weight excluding hydrogens is 288 g/mol. The highest BCUT2D eigenvalue weighted by Crippen LogP contribution is 2.25.